The van der Waals surface area contributed by atoms with Crippen molar-refractivity contribution in [2.24, 2.45) is 5.92 Å². The van der Waals surface area contributed by atoms with Gasteiger partial charge in [0.05, 0.1) is 0 Å². The van der Waals surface area contributed by atoms with E-state index < -0.39 is 0 Å². The summed E-state index contributed by atoms with van der Waals surface area (Å²) in [5, 5.41) is 5.71. The summed E-state index contributed by atoms with van der Waals surface area (Å²) in [6.07, 6.45) is 0. The Labute approximate surface area is 177 Å². The van der Waals surface area contributed by atoms with Gasteiger partial charge in [0.15, 0.2) is 0 Å². The normalized spacial score (nSPS) is 10.5. The Balaban J connectivity index is 1.47. The average Bonchev–Trinajstić information content (AvgIpc) is 2.78. The summed E-state index contributed by atoms with van der Waals surface area (Å²) in [7, 11) is 0. The molecule has 30 heavy (non-hydrogen) atoms. The van der Waals surface area contributed by atoms with Crippen molar-refractivity contribution in [3.63, 3.8) is 0 Å². The molecule has 5 heteroatoms. The van der Waals surface area contributed by atoms with Crippen molar-refractivity contribution in [1.29, 1.82) is 0 Å². The van der Waals surface area contributed by atoms with Crippen LogP contribution in [-0.4, -0.2) is 11.8 Å². The minimum absolute atomic E-state index is 0.0524. The van der Waals surface area contributed by atoms with E-state index >= 15 is 0 Å². The molecule has 2 amide bonds. The Morgan fingerprint density at radius 3 is 2.13 bits per heavy atom. The Hall–Kier alpha value is -3.60. The van der Waals surface area contributed by atoms with Gasteiger partial charge in [0.25, 0.3) is 5.91 Å². The van der Waals surface area contributed by atoms with E-state index in [-0.39, 0.29) is 17.7 Å². The van der Waals surface area contributed by atoms with Crippen LogP contribution >= 0.6 is 0 Å². The number of carbonyl (C=O) groups is 2. The number of amides is 2. The predicted octanol–water partition coefficient (Wildman–Crippen LogP) is 4.79. The van der Waals surface area contributed by atoms with Gasteiger partial charge in [-0.2, -0.15) is 0 Å². The zero-order chi connectivity index (χ0) is 21.3. The number of benzene rings is 3. The van der Waals surface area contributed by atoms with E-state index in [2.05, 4.69) is 10.6 Å². The van der Waals surface area contributed by atoms with Gasteiger partial charge in [0, 0.05) is 23.7 Å². The summed E-state index contributed by atoms with van der Waals surface area (Å²) in [5.41, 5.74) is 3.32. The van der Waals surface area contributed by atoms with Crippen molar-refractivity contribution in [3.8, 4) is 5.75 Å². The maximum absolute atomic E-state index is 12.4. The summed E-state index contributed by atoms with van der Waals surface area (Å²) in [5.74, 6) is 0.473. The van der Waals surface area contributed by atoms with Crippen molar-refractivity contribution in [1.82, 2.24) is 5.32 Å². The van der Waals surface area contributed by atoms with Crippen LogP contribution in [0.1, 0.15) is 35.3 Å². The van der Waals surface area contributed by atoms with Crippen LogP contribution in [0.15, 0.2) is 78.9 Å². The minimum Gasteiger partial charge on any atom is -0.489 e. The maximum Gasteiger partial charge on any atom is 0.251 e. The predicted molar refractivity (Wildman–Crippen MR) is 118 cm³/mol. The molecule has 0 aliphatic rings. The van der Waals surface area contributed by atoms with Crippen LogP contribution in [0.4, 0.5) is 5.69 Å². The monoisotopic (exact) mass is 402 g/mol. The number of ether oxygens (including phenoxy) is 1. The molecule has 0 radical (unpaired) electrons. The third-order valence-corrected chi connectivity index (χ3v) is 4.56. The van der Waals surface area contributed by atoms with Crippen LogP contribution < -0.4 is 15.4 Å². The molecular weight excluding hydrogens is 376 g/mol. The lowest BCUT2D eigenvalue weighted by Gasteiger charge is -2.10. The molecule has 3 aromatic rings. The molecule has 5 nitrogen and oxygen atoms in total. The van der Waals surface area contributed by atoms with Crippen LogP contribution in [0, 0.1) is 5.92 Å². The van der Waals surface area contributed by atoms with Crippen LogP contribution in [0.5, 0.6) is 5.75 Å². The molecule has 154 valence electrons. The Morgan fingerprint density at radius 2 is 1.50 bits per heavy atom. The second-order valence-corrected chi connectivity index (χ2v) is 7.32. The highest BCUT2D eigenvalue weighted by molar-refractivity contribution is 5.96. The molecule has 0 bridgehead atoms. The van der Waals surface area contributed by atoms with Gasteiger partial charge in [-0.05, 0) is 47.5 Å². The summed E-state index contributed by atoms with van der Waals surface area (Å²) < 4.78 is 5.78. The fourth-order valence-corrected chi connectivity index (χ4v) is 2.72. The number of carbonyl (C=O) groups excluding carboxylic acids is 2. The first-order valence-electron chi connectivity index (χ1n) is 9.96. The summed E-state index contributed by atoms with van der Waals surface area (Å²) in [4.78, 5) is 24.1. The summed E-state index contributed by atoms with van der Waals surface area (Å²) >= 11 is 0. The van der Waals surface area contributed by atoms with Gasteiger partial charge in [-0.3, -0.25) is 9.59 Å². The number of hydrogen-bond donors (Lipinski definition) is 2. The van der Waals surface area contributed by atoms with Gasteiger partial charge in [0.2, 0.25) is 5.91 Å². The molecule has 0 heterocycles. The first kappa shape index (κ1) is 21.1. The lowest BCUT2D eigenvalue weighted by Crippen LogP contribution is -2.23. The van der Waals surface area contributed by atoms with Gasteiger partial charge < -0.3 is 15.4 Å². The number of nitrogens with one attached hydrogen (secondary N) is 2. The van der Waals surface area contributed by atoms with Crippen molar-refractivity contribution >= 4 is 17.5 Å². The molecule has 0 saturated carbocycles. The van der Waals surface area contributed by atoms with Gasteiger partial charge in [-0.15, -0.1) is 0 Å². The highest BCUT2D eigenvalue weighted by atomic mass is 16.5. The van der Waals surface area contributed by atoms with Gasteiger partial charge in [-0.25, -0.2) is 0 Å². The molecular formula is C25H26N2O3. The molecule has 3 rings (SSSR count). The largest absolute Gasteiger partial charge is 0.489 e. The first-order chi connectivity index (χ1) is 14.5. The van der Waals surface area contributed by atoms with Crippen molar-refractivity contribution < 1.29 is 14.3 Å². The molecule has 0 saturated heterocycles. The van der Waals surface area contributed by atoms with E-state index in [1.54, 1.807) is 24.3 Å². The third kappa shape index (κ3) is 6.21. The molecule has 0 unspecified atom stereocenters. The zero-order valence-electron chi connectivity index (χ0n) is 17.2. The topological polar surface area (TPSA) is 67.4 Å². The third-order valence-electron chi connectivity index (χ3n) is 4.56. The smallest absolute Gasteiger partial charge is 0.251 e. The standard InChI is InChI=1S/C25H26N2O3/c1-18(2)24(28)27-22-12-10-21(11-13-22)25(29)26-16-19-8-14-23(15-9-19)30-17-20-6-4-3-5-7-20/h3-15,18H,16-17H2,1-2H3,(H,26,29)(H,27,28). The Morgan fingerprint density at radius 1 is 0.833 bits per heavy atom. The summed E-state index contributed by atoms with van der Waals surface area (Å²) in [6.45, 7) is 4.60. The van der Waals surface area contributed by atoms with Gasteiger partial charge >= 0.3 is 0 Å². The number of rotatable bonds is 8. The second-order valence-electron chi connectivity index (χ2n) is 7.32. The lowest BCUT2D eigenvalue weighted by atomic mass is 10.1. The fraction of sp³-hybridized carbons (Fsp3) is 0.200. The second kappa shape index (κ2) is 10.3. The molecule has 0 aliphatic heterocycles. The molecule has 0 aliphatic carbocycles. The van der Waals surface area contributed by atoms with Gasteiger partial charge in [0.1, 0.15) is 12.4 Å². The van der Waals surface area contributed by atoms with Crippen LogP contribution in [0.25, 0.3) is 0 Å². The quantitative estimate of drug-likeness (QED) is 0.569. The molecule has 0 atom stereocenters. The van der Waals surface area contributed by atoms with E-state index in [4.69, 9.17) is 4.74 Å². The SMILES string of the molecule is CC(C)C(=O)Nc1ccc(C(=O)NCc2ccc(OCc3ccccc3)cc2)cc1. The Bertz CT molecular complexity index is 966. The molecule has 0 spiro atoms. The molecule has 0 fully saturated rings. The van der Waals surface area contributed by atoms with E-state index in [1.807, 2.05) is 68.4 Å². The highest BCUT2D eigenvalue weighted by Gasteiger charge is 2.09. The lowest BCUT2D eigenvalue weighted by molar-refractivity contribution is -0.118. The molecule has 2 N–H and O–H groups in total. The molecule has 0 aromatic heterocycles. The highest BCUT2D eigenvalue weighted by Crippen LogP contribution is 2.15. The number of anilines is 1. The fourth-order valence-electron chi connectivity index (χ4n) is 2.72. The van der Waals surface area contributed by atoms with Crippen molar-refractivity contribution in [3.05, 3.63) is 95.6 Å². The van der Waals surface area contributed by atoms with Crippen LogP contribution in [0.2, 0.25) is 0 Å². The zero-order valence-corrected chi connectivity index (χ0v) is 17.2. The number of hydrogen-bond acceptors (Lipinski definition) is 3. The Kier molecular flexibility index (Phi) is 7.22. The molecule has 3 aromatic carbocycles. The maximum atomic E-state index is 12.4. The van der Waals surface area contributed by atoms with Crippen molar-refractivity contribution in [2.45, 2.75) is 27.0 Å². The van der Waals surface area contributed by atoms with E-state index in [0.717, 1.165) is 16.9 Å². The first-order valence-corrected chi connectivity index (χ1v) is 9.96. The summed E-state index contributed by atoms with van der Waals surface area (Å²) in [6, 6.07) is 24.5. The minimum atomic E-state index is -0.166. The van der Waals surface area contributed by atoms with Crippen molar-refractivity contribution in [2.75, 3.05) is 5.32 Å². The van der Waals surface area contributed by atoms with E-state index in [9.17, 15) is 9.59 Å². The van der Waals surface area contributed by atoms with E-state index in [1.165, 1.54) is 0 Å². The van der Waals surface area contributed by atoms with Crippen LogP contribution in [0.3, 0.4) is 0 Å². The van der Waals surface area contributed by atoms with Gasteiger partial charge in [-0.1, -0.05) is 56.3 Å². The van der Waals surface area contributed by atoms with Crippen LogP contribution in [-0.2, 0) is 17.9 Å². The van der Waals surface area contributed by atoms with E-state index in [0.29, 0.717) is 24.4 Å². The average molecular weight is 402 g/mol.